The van der Waals surface area contributed by atoms with Gasteiger partial charge in [-0.1, -0.05) is 19.4 Å². The number of hydrogen-bond acceptors (Lipinski definition) is 2. The van der Waals surface area contributed by atoms with Crippen LogP contribution in [-0.4, -0.2) is 13.7 Å². The van der Waals surface area contributed by atoms with E-state index in [-0.39, 0.29) is 0 Å². The molecule has 0 spiro atoms. The zero-order chi connectivity index (χ0) is 13.1. The molecule has 2 nitrogen and oxygen atoms in total. The molecule has 2 rings (SSSR count). The van der Waals surface area contributed by atoms with Crippen molar-refractivity contribution in [3.8, 4) is 5.75 Å². The summed E-state index contributed by atoms with van der Waals surface area (Å²) in [7, 11) is 1.75. The normalized spacial score (nSPS) is 17.3. The van der Waals surface area contributed by atoms with Crippen LogP contribution in [0.3, 0.4) is 0 Å². The highest BCUT2D eigenvalue weighted by Crippen LogP contribution is 2.39. The highest BCUT2D eigenvalue weighted by atomic mass is 16.5. The second kappa shape index (κ2) is 5.75. The second-order valence-corrected chi connectivity index (χ2v) is 5.40. The van der Waals surface area contributed by atoms with E-state index in [1.54, 1.807) is 7.11 Å². The molecule has 2 heteroatoms. The smallest absolute Gasteiger partial charge is 0.122 e. The average Bonchev–Trinajstić information content (AvgIpc) is 2.29. The molecule has 1 unspecified atom stereocenters. The van der Waals surface area contributed by atoms with Crippen LogP contribution in [-0.2, 0) is 0 Å². The molecule has 1 saturated carbocycles. The predicted octanol–water partition coefficient (Wildman–Crippen LogP) is 3.76. The van der Waals surface area contributed by atoms with E-state index in [1.807, 2.05) is 0 Å². The first-order valence-electron chi connectivity index (χ1n) is 7.05. The quantitative estimate of drug-likeness (QED) is 0.855. The van der Waals surface area contributed by atoms with E-state index in [1.165, 1.54) is 36.0 Å². The molecule has 0 amide bonds. The largest absolute Gasteiger partial charge is 0.496 e. The zero-order valence-electron chi connectivity index (χ0n) is 12.0. The Bertz CT molecular complexity index is 410. The Balaban J connectivity index is 2.31. The van der Waals surface area contributed by atoms with Gasteiger partial charge >= 0.3 is 0 Å². The van der Waals surface area contributed by atoms with Gasteiger partial charge in [-0.3, -0.25) is 0 Å². The van der Waals surface area contributed by atoms with Gasteiger partial charge < -0.3 is 10.1 Å². The first-order valence-corrected chi connectivity index (χ1v) is 7.05. The van der Waals surface area contributed by atoms with Crippen LogP contribution >= 0.6 is 0 Å². The Kier molecular flexibility index (Phi) is 4.28. The lowest BCUT2D eigenvalue weighted by Crippen LogP contribution is -2.32. The van der Waals surface area contributed by atoms with Crippen molar-refractivity contribution in [2.24, 2.45) is 5.92 Å². The van der Waals surface area contributed by atoms with Crippen molar-refractivity contribution in [1.82, 2.24) is 5.32 Å². The maximum absolute atomic E-state index is 5.40. The Hall–Kier alpha value is -1.02. The summed E-state index contributed by atoms with van der Waals surface area (Å²) in [5, 5.41) is 3.67. The summed E-state index contributed by atoms with van der Waals surface area (Å²) in [6.07, 6.45) is 4.12. The van der Waals surface area contributed by atoms with Crippen LogP contribution in [0.5, 0.6) is 5.75 Å². The molecule has 1 aliphatic rings. The van der Waals surface area contributed by atoms with E-state index >= 15 is 0 Å². The lowest BCUT2D eigenvalue weighted by Gasteiger charge is -2.35. The molecule has 0 saturated heterocycles. The molecule has 1 aliphatic carbocycles. The maximum Gasteiger partial charge on any atom is 0.122 e. The van der Waals surface area contributed by atoms with Crippen molar-refractivity contribution in [3.05, 3.63) is 28.8 Å². The second-order valence-electron chi connectivity index (χ2n) is 5.40. The summed E-state index contributed by atoms with van der Waals surface area (Å²) in [5.41, 5.74) is 4.04. The molecule has 0 aromatic heterocycles. The van der Waals surface area contributed by atoms with Crippen LogP contribution in [0, 0.1) is 19.8 Å². The van der Waals surface area contributed by atoms with Gasteiger partial charge in [-0.2, -0.15) is 0 Å². The van der Waals surface area contributed by atoms with Gasteiger partial charge in [0.15, 0.2) is 0 Å². The predicted molar refractivity (Wildman–Crippen MR) is 76.2 cm³/mol. The molecule has 1 atom stereocenters. The minimum atomic E-state index is 0.522. The molecular formula is C16H25NO. The van der Waals surface area contributed by atoms with Gasteiger partial charge in [-0.05, 0) is 61.9 Å². The summed E-state index contributed by atoms with van der Waals surface area (Å²) in [6.45, 7) is 7.55. The number of rotatable bonds is 5. The topological polar surface area (TPSA) is 21.3 Å². The monoisotopic (exact) mass is 247 g/mol. The van der Waals surface area contributed by atoms with Crippen molar-refractivity contribution in [3.63, 3.8) is 0 Å². The summed E-state index contributed by atoms with van der Waals surface area (Å²) in [5.74, 6) is 1.82. The molecule has 1 aromatic carbocycles. The van der Waals surface area contributed by atoms with Crippen molar-refractivity contribution in [2.75, 3.05) is 13.7 Å². The lowest BCUT2D eigenvalue weighted by molar-refractivity contribution is 0.232. The molecule has 0 bridgehead atoms. The van der Waals surface area contributed by atoms with Gasteiger partial charge in [0.25, 0.3) is 0 Å². The van der Waals surface area contributed by atoms with E-state index in [9.17, 15) is 0 Å². The third kappa shape index (κ3) is 2.54. The molecule has 18 heavy (non-hydrogen) atoms. The SMILES string of the molecule is CCNC(c1cc(C)c(OC)cc1C)C1CCC1. The van der Waals surface area contributed by atoms with E-state index in [4.69, 9.17) is 4.74 Å². The highest BCUT2D eigenvalue weighted by molar-refractivity contribution is 5.43. The minimum absolute atomic E-state index is 0.522. The van der Waals surface area contributed by atoms with Crippen molar-refractivity contribution >= 4 is 0 Å². The van der Waals surface area contributed by atoms with Gasteiger partial charge in [0.05, 0.1) is 7.11 Å². The molecule has 1 fully saturated rings. The van der Waals surface area contributed by atoms with Crippen LogP contribution < -0.4 is 10.1 Å². The number of ether oxygens (including phenoxy) is 1. The van der Waals surface area contributed by atoms with Gasteiger partial charge in [0, 0.05) is 6.04 Å². The maximum atomic E-state index is 5.40. The number of methoxy groups -OCH3 is 1. The first kappa shape index (κ1) is 13.4. The Morgan fingerprint density at radius 3 is 2.50 bits per heavy atom. The molecule has 100 valence electrons. The summed E-state index contributed by atoms with van der Waals surface area (Å²) < 4.78 is 5.40. The fourth-order valence-corrected chi connectivity index (χ4v) is 2.89. The fraction of sp³-hybridized carbons (Fsp3) is 0.625. The molecule has 0 aliphatic heterocycles. The van der Waals surface area contributed by atoms with E-state index in [0.29, 0.717) is 6.04 Å². The van der Waals surface area contributed by atoms with Crippen molar-refractivity contribution in [1.29, 1.82) is 0 Å². The Morgan fingerprint density at radius 2 is 2.00 bits per heavy atom. The Morgan fingerprint density at radius 1 is 1.28 bits per heavy atom. The first-order chi connectivity index (χ1) is 8.67. The minimum Gasteiger partial charge on any atom is -0.496 e. The Labute approximate surface area is 111 Å². The zero-order valence-corrected chi connectivity index (χ0v) is 12.0. The van der Waals surface area contributed by atoms with Crippen LogP contribution in [0.1, 0.15) is 48.9 Å². The number of nitrogens with one attached hydrogen (secondary N) is 1. The summed E-state index contributed by atoms with van der Waals surface area (Å²) in [4.78, 5) is 0. The van der Waals surface area contributed by atoms with E-state index < -0.39 is 0 Å². The van der Waals surface area contributed by atoms with Crippen molar-refractivity contribution < 1.29 is 4.74 Å². The van der Waals surface area contributed by atoms with Gasteiger partial charge in [0.2, 0.25) is 0 Å². The van der Waals surface area contributed by atoms with E-state index in [0.717, 1.165) is 18.2 Å². The fourth-order valence-electron chi connectivity index (χ4n) is 2.89. The van der Waals surface area contributed by atoms with Gasteiger partial charge in [0.1, 0.15) is 5.75 Å². The highest BCUT2D eigenvalue weighted by Gasteiger charge is 2.29. The lowest BCUT2D eigenvalue weighted by atomic mass is 9.76. The number of hydrogen-bond donors (Lipinski definition) is 1. The average molecular weight is 247 g/mol. The molecule has 1 N–H and O–H groups in total. The van der Waals surface area contributed by atoms with Gasteiger partial charge in [-0.15, -0.1) is 0 Å². The molecular weight excluding hydrogens is 222 g/mol. The molecule has 1 aromatic rings. The number of aryl methyl sites for hydroxylation is 2. The standard InChI is InChI=1S/C16H25NO/c1-5-17-16(13-7-6-8-13)14-9-12(3)15(18-4)10-11(14)2/h9-10,13,16-17H,5-8H2,1-4H3. The van der Waals surface area contributed by atoms with Gasteiger partial charge in [-0.25, -0.2) is 0 Å². The van der Waals surface area contributed by atoms with Crippen LogP contribution in [0.15, 0.2) is 12.1 Å². The summed E-state index contributed by atoms with van der Waals surface area (Å²) >= 11 is 0. The summed E-state index contributed by atoms with van der Waals surface area (Å²) in [6, 6.07) is 5.00. The third-order valence-corrected chi connectivity index (χ3v) is 4.16. The molecule has 0 heterocycles. The molecule has 0 radical (unpaired) electrons. The van der Waals surface area contributed by atoms with Crippen LogP contribution in [0.25, 0.3) is 0 Å². The number of benzene rings is 1. The van der Waals surface area contributed by atoms with Crippen molar-refractivity contribution in [2.45, 2.75) is 46.1 Å². The third-order valence-electron chi connectivity index (χ3n) is 4.16. The van der Waals surface area contributed by atoms with E-state index in [2.05, 4.69) is 38.2 Å². The van der Waals surface area contributed by atoms with Crippen LogP contribution in [0.4, 0.5) is 0 Å². The van der Waals surface area contributed by atoms with Crippen LogP contribution in [0.2, 0.25) is 0 Å².